The van der Waals surface area contributed by atoms with E-state index in [1.165, 1.54) is 6.42 Å². The van der Waals surface area contributed by atoms with Crippen LogP contribution in [-0.4, -0.2) is 31.7 Å². The van der Waals surface area contributed by atoms with Crippen LogP contribution in [0.4, 0.5) is 0 Å². The molecule has 0 unspecified atom stereocenters. The van der Waals surface area contributed by atoms with Crippen LogP contribution < -0.4 is 0 Å². The van der Waals surface area contributed by atoms with E-state index in [2.05, 4.69) is 0 Å². The van der Waals surface area contributed by atoms with Gasteiger partial charge in [0.05, 0.1) is 5.60 Å². The molecule has 1 saturated carbocycles. The summed E-state index contributed by atoms with van der Waals surface area (Å²) in [6.07, 6.45) is 3.72. The molecule has 0 aliphatic heterocycles. The highest BCUT2D eigenvalue weighted by atomic mass is 16.5. The van der Waals surface area contributed by atoms with Crippen LogP contribution in [0.3, 0.4) is 0 Å². The number of hydrogen-bond acceptors (Lipinski definition) is 3. The fraction of sp³-hybridized carbons (Fsp3) is 0.900. The second kappa shape index (κ2) is 4.72. The van der Waals surface area contributed by atoms with Gasteiger partial charge in [0.25, 0.3) is 0 Å². The summed E-state index contributed by atoms with van der Waals surface area (Å²) in [5.74, 6) is 0.156. The summed E-state index contributed by atoms with van der Waals surface area (Å²) in [5, 5.41) is 0. The van der Waals surface area contributed by atoms with Crippen molar-refractivity contribution in [1.29, 1.82) is 0 Å². The van der Waals surface area contributed by atoms with Gasteiger partial charge in [0.2, 0.25) is 0 Å². The van der Waals surface area contributed by atoms with E-state index in [1.807, 2.05) is 6.92 Å². The van der Waals surface area contributed by atoms with E-state index in [1.54, 1.807) is 7.11 Å². The lowest BCUT2D eigenvalue weighted by molar-refractivity contribution is -0.136. The fourth-order valence-electron chi connectivity index (χ4n) is 1.65. The predicted octanol–water partition coefficient (Wildman–Crippen LogP) is 1.55. The highest BCUT2D eigenvalue weighted by Crippen LogP contribution is 2.37. The molecular formula is C10H18O3. The molecule has 0 aromatic carbocycles. The van der Waals surface area contributed by atoms with Gasteiger partial charge < -0.3 is 9.47 Å². The lowest BCUT2D eigenvalue weighted by Gasteiger charge is -2.39. The Hall–Kier alpha value is -0.410. The van der Waals surface area contributed by atoms with Crippen molar-refractivity contribution < 1.29 is 14.3 Å². The first-order valence-corrected chi connectivity index (χ1v) is 4.87. The number of hydrogen-bond donors (Lipinski definition) is 0. The highest BCUT2D eigenvalue weighted by Gasteiger charge is 2.38. The van der Waals surface area contributed by atoms with Crippen molar-refractivity contribution in [2.45, 2.75) is 38.2 Å². The number of rotatable bonds is 6. The SMILES string of the molecule is CCOCC(=O)CC1(OC)CCC1. The summed E-state index contributed by atoms with van der Waals surface area (Å²) in [6.45, 7) is 2.73. The molecule has 0 bridgehead atoms. The molecule has 0 radical (unpaired) electrons. The molecule has 1 fully saturated rings. The Labute approximate surface area is 79.4 Å². The first-order valence-electron chi connectivity index (χ1n) is 4.87. The summed E-state index contributed by atoms with van der Waals surface area (Å²) in [7, 11) is 1.69. The van der Waals surface area contributed by atoms with Crippen LogP contribution in [0.25, 0.3) is 0 Å². The zero-order valence-electron chi connectivity index (χ0n) is 8.47. The van der Waals surface area contributed by atoms with Crippen LogP contribution in [0.2, 0.25) is 0 Å². The smallest absolute Gasteiger partial charge is 0.161 e. The third-order valence-corrected chi connectivity index (χ3v) is 2.68. The van der Waals surface area contributed by atoms with Crippen LogP contribution >= 0.6 is 0 Å². The molecule has 0 aromatic rings. The number of ether oxygens (including phenoxy) is 2. The van der Waals surface area contributed by atoms with E-state index in [9.17, 15) is 4.79 Å². The van der Waals surface area contributed by atoms with E-state index in [4.69, 9.17) is 9.47 Å². The molecule has 0 aromatic heterocycles. The minimum absolute atomic E-state index is 0.145. The summed E-state index contributed by atoms with van der Waals surface area (Å²) < 4.78 is 10.4. The van der Waals surface area contributed by atoms with Gasteiger partial charge in [0.1, 0.15) is 6.61 Å². The zero-order chi connectivity index (χ0) is 9.73. The highest BCUT2D eigenvalue weighted by molar-refractivity contribution is 5.80. The molecule has 1 rings (SSSR count). The summed E-state index contributed by atoms with van der Waals surface area (Å²) in [4.78, 5) is 11.4. The molecule has 0 amide bonds. The normalized spacial score (nSPS) is 19.5. The third-order valence-electron chi connectivity index (χ3n) is 2.68. The topological polar surface area (TPSA) is 35.5 Å². The Morgan fingerprint density at radius 1 is 1.46 bits per heavy atom. The number of methoxy groups -OCH3 is 1. The minimum atomic E-state index is -0.145. The summed E-state index contributed by atoms with van der Waals surface area (Å²) >= 11 is 0. The van der Waals surface area contributed by atoms with Gasteiger partial charge in [-0.2, -0.15) is 0 Å². The molecule has 0 heterocycles. The van der Waals surface area contributed by atoms with Crippen molar-refractivity contribution in [3.8, 4) is 0 Å². The summed E-state index contributed by atoms with van der Waals surface area (Å²) in [5.41, 5.74) is -0.145. The molecule has 13 heavy (non-hydrogen) atoms. The monoisotopic (exact) mass is 186 g/mol. The second-order valence-electron chi connectivity index (χ2n) is 3.59. The van der Waals surface area contributed by atoms with Crippen molar-refractivity contribution in [3.05, 3.63) is 0 Å². The quantitative estimate of drug-likeness (QED) is 0.631. The number of ketones is 1. The maximum absolute atomic E-state index is 11.4. The van der Waals surface area contributed by atoms with Crippen molar-refractivity contribution in [2.24, 2.45) is 0 Å². The van der Waals surface area contributed by atoms with E-state index >= 15 is 0 Å². The zero-order valence-corrected chi connectivity index (χ0v) is 8.47. The van der Waals surface area contributed by atoms with Gasteiger partial charge >= 0.3 is 0 Å². The predicted molar refractivity (Wildman–Crippen MR) is 49.7 cm³/mol. The van der Waals surface area contributed by atoms with Gasteiger partial charge in [-0.15, -0.1) is 0 Å². The van der Waals surface area contributed by atoms with Crippen molar-refractivity contribution in [2.75, 3.05) is 20.3 Å². The molecular weight excluding hydrogens is 168 g/mol. The first kappa shape index (κ1) is 10.7. The van der Waals surface area contributed by atoms with Gasteiger partial charge in [-0.25, -0.2) is 0 Å². The number of carbonyl (C=O) groups is 1. The first-order chi connectivity index (χ1) is 6.22. The largest absolute Gasteiger partial charge is 0.378 e. The lowest BCUT2D eigenvalue weighted by Crippen LogP contribution is -2.41. The maximum Gasteiger partial charge on any atom is 0.161 e. The molecule has 1 aliphatic rings. The van der Waals surface area contributed by atoms with E-state index in [0.717, 1.165) is 12.8 Å². The van der Waals surface area contributed by atoms with E-state index < -0.39 is 0 Å². The third kappa shape index (κ3) is 2.78. The molecule has 3 heteroatoms. The lowest BCUT2D eigenvalue weighted by atomic mass is 9.76. The Morgan fingerprint density at radius 3 is 2.54 bits per heavy atom. The number of Topliss-reactive ketones (excluding diaryl/α,β-unsaturated/α-hetero) is 1. The van der Waals surface area contributed by atoms with Gasteiger partial charge in [-0.1, -0.05) is 0 Å². The van der Waals surface area contributed by atoms with Crippen LogP contribution in [0.15, 0.2) is 0 Å². The second-order valence-corrected chi connectivity index (χ2v) is 3.59. The van der Waals surface area contributed by atoms with Crippen molar-refractivity contribution >= 4 is 5.78 Å². The molecule has 76 valence electrons. The summed E-state index contributed by atoms with van der Waals surface area (Å²) in [6, 6.07) is 0. The van der Waals surface area contributed by atoms with Crippen LogP contribution in [0.5, 0.6) is 0 Å². The molecule has 0 spiro atoms. The van der Waals surface area contributed by atoms with Gasteiger partial charge in [0, 0.05) is 20.1 Å². The van der Waals surface area contributed by atoms with Gasteiger partial charge in [0.15, 0.2) is 5.78 Å². The fourth-order valence-corrected chi connectivity index (χ4v) is 1.65. The van der Waals surface area contributed by atoms with Crippen molar-refractivity contribution in [1.82, 2.24) is 0 Å². The molecule has 0 saturated heterocycles. The Kier molecular flexibility index (Phi) is 3.88. The van der Waals surface area contributed by atoms with E-state index in [0.29, 0.717) is 13.0 Å². The Morgan fingerprint density at radius 2 is 2.15 bits per heavy atom. The number of carbonyl (C=O) groups excluding carboxylic acids is 1. The molecule has 0 N–H and O–H groups in total. The Bertz CT molecular complexity index is 167. The average Bonchev–Trinajstić information content (AvgIpc) is 2.08. The van der Waals surface area contributed by atoms with E-state index in [-0.39, 0.29) is 18.0 Å². The van der Waals surface area contributed by atoms with Gasteiger partial charge in [-0.3, -0.25) is 4.79 Å². The molecule has 0 atom stereocenters. The maximum atomic E-state index is 11.4. The minimum Gasteiger partial charge on any atom is -0.378 e. The molecule has 1 aliphatic carbocycles. The van der Waals surface area contributed by atoms with Crippen LogP contribution in [0.1, 0.15) is 32.6 Å². The standard InChI is InChI=1S/C10H18O3/c1-3-13-8-9(11)7-10(12-2)5-4-6-10/h3-8H2,1-2H3. The van der Waals surface area contributed by atoms with Crippen LogP contribution in [-0.2, 0) is 14.3 Å². The Balaban J connectivity index is 2.25. The van der Waals surface area contributed by atoms with Gasteiger partial charge in [-0.05, 0) is 26.2 Å². The van der Waals surface area contributed by atoms with Crippen molar-refractivity contribution in [3.63, 3.8) is 0 Å². The van der Waals surface area contributed by atoms with Crippen LogP contribution in [0, 0.1) is 0 Å². The molecule has 3 nitrogen and oxygen atoms in total. The average molecular weight is 186 g/mol.